The van der Waals surface area contributed by atoms with Crippen molar-refractivity contribution in [2.75, 3.05) is 6.61 Å². The Morgan fingerprint density at radius 3 is 2.20 bits per heavy atom. The van der Waals surface area contributed by atoms with Crippen LogP contribution >= 0.6 is 0 Å². The van der Waals surface area contributed by atoms with Gasteiger partial charge in [-0.15, -0.1) is 0 Å². The summed E-state index contributed by atoms with van der Waals surface area (Å²) in [6.07, 6.45) is 0. The van der Waals surface area contributed by atoms with Crippen molar-refractivity contribution in [2.24, 2.45) is 0 Å². The molecule has 6 heteroatoms. The molecule has 1 N–H and O–H groups in total. The number of rotatable bonds is 4. The largest absolute Gasteiger partial charge is 0.483 e. The molecule has 0 aromatic heterocycles. The highest BCUT2D eigenvalue weighted by molar-refractivity contribution is 5.78. The number of hydrogen-bond acceptors (Lipinski definition) is 4. The van der Waals surface area contributed by atoms with Crippen LogP contribution in [0.15, 0.2) is 12.1 Å². The van der Waals surface area contributed by atoms with Gasteiger partial charge in [0.15, 0.2) is 6.61 Å². The van der Waals surface area contributed by atoms with Gasteiger partial charge >= 0.3 is 0 Å². The Bertz CT molecular complexity index is 509. The molecule has 0 aliphatic rings. The Hall–Kier alpha value is -2.11. The van der Waals surface area contributed by atoms with Gasteiger partial charge in [0, 0.05) is 17.7 Å². The van der Waals surface area contributed by atoms with Crippen molar-refractivity contribution in [3.05, 3.63) is 33.4 Å². The van der Waals surface area contributed by atoms with Gasteiger partial charge in [0.2, 0.25) is 0 Å². The number of amides is 1. The van der Waals surface area contributed by atoms with E-state index in [4.69, 9.17) is 4.74 Å². The molecule has 1 rings (SSSR count). The van der Waals surface area contributed by atoms with Gasteiger partial charge < -0.3 is 10.1 Å². The molecule has 0 unspecified atom stereocenters. The summed E-state index contributed by atoms with van der Waals surface area (Å²) in [6, 6.07) is 2.87. The summed E-state index contributed by atoms with van der Waals surface area (Å²) in [5.74, 6) is 0.286. The lowest BCUT2D eigenvalue weighted by molar-refractivity contribution is -0.385. The normalized spacial score (nSPS) is 11.1. The number of nitro groups is 1. The van der Waals surface area contributed by atoms with Crippen molar-refractivity contribution in [2.45, 2.75) is 40.2 Å². The third-order valence-corrected chi connectivity index (χ3v) is 2.52. The maximum Gasteiger partial charge on any atom is 0.270 e. The molecule has 0 aliphatic carbocycles. The Morgan fingerprint density at radius 2 is 1.80 bits per heavy atom. The lowest BCUT2D eigenvalue weighted by Gasteiger charge is -2.21. The van der Waals surface area contributed by atoms with E-state index >= 15 is 0 Å². The van der Waals surface area contributed by atoms with Crippen LogP contribution < -0.4 is 10.1 Å². The summed E-state index contributed by atoms with van der Waals surface area (Å²) in [6.45, 7) is 8.97. The predicted octanol–water partition coefficient (Wildman–Crippen LogP) is 2.51. The van der Waals surface area contributed by atoms with E-state index in [1.807, 2.05) is 20.8 Å². The zero-order chi connectivity index (χ0) is 15.5. The molecule has 1 aromatic rings. The first kappa shape index (κ1) is 15.9. The SMILES string of the molecule is Cc1cc([N+](=O)[O-])cc(C)c1OCC(=O)NC(C)(C)C. The summed E-state index contributed by atoms with van der Waals surface area (Å²) >= 11 is 0. The van der Waals surface area contributed by atoms with E-state index in [1.165, 1.54) is 12.1 Å². The topological polar surface area (TPSA) is 81.5 Å². The number of carbonyl (C=O) groups excluding carboxylic acids is 1. The molecular weight excluding hydrogens is 260 g/mol. The van der Waals surface area contributed by atoms with Crippen LogP contribution in [0.3, 0.4) is 0 Å². The number of aryl methyl sites for hydroxylation is 2. The standard InChI is InChI=1S/C14H20N2O4/c1-9-6-11(16(18)19)7-10(2)13(9)20-8-12(17)15-14(3,4)5/h6-7H,8H2,1-5H3,(H,15,17). The van der Waals surface area contributed by atoms with Crippen LogP contribution in [0.25, 0.3) is 0 Å². The Labute approximate surface area is 118 Å². The van der Waals surface area contributed by atoms with Gasteiger partial charge in [0.05, 0.1) is 4.92 Å². The minimum absolute atomic E-state index is 0.0199. The van der Waals surface area contributed by atoms with Gasteiger partial charge in [-0.2, -0.15) is 0 Å². The van der Waals surface area contributed by atoms with Crippen molar-refractivity contribution in [3.8, 4) is 5.75 Å². The van der Waals surface area contributed by atoms with Crippen molar-refractivity contribution < 1.29 is 14.5 Å². The molecule has 20 heavy (non-hydrogen) atoms. The summed E-state index contributed by atoms with van der Waals surface area (Å²) in [5, 5.41) is 13.5. The fourth-order valence-corrected chi connectivity index (χ4v) is 1.85. The first-order chi connectivity index (χ1) is 9.10. The van der Waals surface area contributed by atoms with Crippen molar-refractivity contribution in [1.29, 1.82) is 0 Å². The van der Waals surface area contributed by atoms with Crippen molar-refractivity contribution >= 4 is 11.6 Å². The Morgan fingerprint density at radius 1 is 1.30 bits per heavy atom. The Balaban J connectivity index is 2.79. The molecule has 0 fully saturated rings. The van der Waals surface area contributed by atoms with Crippen LogP contribution in [0.1, 0.15) is 31.9 Å². The van der Waals surface area contributed by atoms with Gasteiger partial charge in [-0.05, 0) is 45.7 Å². The number of nitro benzene ring substituents is 1. The summed E-state index contributed by atoms with van der Waals surface area (Å²) < 4.78 is 5.48. The van der Waals surface area contributed by atoms with Gasteiger partial charge in [-0.3, -0.25) is 14.9 Å². The van der Waals surface area contributed by atoms with E-state index in [9.17, 15) is 14.9 Å². The van der Waals surface area contributed by atoms with Crippen LogP contribution in [0, 0.1) is 24.0 Å². The van der Waals surface area contributed by atoms with Crippen LogP contribution in [-0.4, -0.2) is 23.0 Å². The lowest BCUT2D eigenvalue weighted by Crippen LogP contribution is -2.43. The lowest BCUT2D eigenvalue weighted by atomic mass is 10.1. The molecule has 0 saturated heterocycles. The minimum Gasteiger partial charge on any atom is -0.483 e. The number of nitrogens with zero attached hydrogens (tertiary/aromatic N) is 1. The van der Waals surface area contributed by atoms with E-state index in [0.717, 1.165) is 0 Å². The molecular formula is C14H20N2O4. The zero-order valence-electron chi connectivity index (χ0n) is 12.4. The van der Waals surface area contributed by atoms with Crippen LogP contribution in [-0.2, 0) is 4.79 Å². The third kappa shape index (κ3) is 4.53. The van der Waals surface area contributed by atoms with Crippen molar-refractivity contribution in [3.63, 3.8) is 0 Å². The van der Waals surface area contributed by atoms with Gasteiger partial charge in [0.1, 0.15) is 5.75 Å². The summed E-state index contributed by atoms with van der Waals surface area (Å²) in [5.41, 5.74) is 0.979. The van der Waals surface area contributed by atoms with E-state index < -0.39 is 4.92 Å². The van der Waals surface area contributed by atoms with Gasteiger partial charge in [0.25, 0.3) is 11.6 Å². The predicted molar refractivity (Wildman–Crippen MR) is 76.0 cm³/mol. The quantitative estimate of drug-likeness (QED) is 0.678. The second-order valence-electron chi connectivity index (χ2n) is 5.75. The highest BCUT2D eigenvalue weighted by Gasteiger charge is 2.16. The monoisotopic (exact) mass is 280 g/mol. The number of hydrogen-bond donors (Lipinski definition) is 1. The number of carbonyl (C=O) groups is 1. The van der Waals surface area contributed by atoms with Crippen LogP contribution in [0.2, 0.25) is 0 Å². The minimum atomic E-state index is -0.448. The number of benzene rings is 1. The molecule has 0 saturated carbocycles. The fraction of sp³-hybridized carbons (Fsp3) is 0.500. The average molecular weight is 280 g/mol. The zero-order valence-corrected chi connectivity index (χ0v) is 12.4. The first-order valence-corrected chi connectivity index (χ1v) is 6.29. The van der Waals surface area contributed by atoms with Gasteiger partial charge in [-0.1, -0.05) is 0 Å². The maximum atomic E-state index is 11.7. The van der Waals surface area contributed by atoms with E-state index in [2.05, 4.69) is 5.32 Å². The van der Waals surface area contributed by atoms with Crippen LogP contribution in [0.4, 0.5) is 5.69 Å². The van der Waals surface area contributed by atoms with Crippen molar-refractivity contribution in [1.82, 2.24) is 5.32 Å². The molecule has 0 bridgehead atoms. The highest BCUT2D eigenvalue weighted by Crippen LogP contribution is 2.28. The Kier molecular flexibility index (Phi) is 4.70. The number of ether oxygens (including phenoxy) is 1. The molecule has 0 radical (unpaired) electrons. The highest BCUT2D eigenvalue weighted by atomic mass is 16.6. The molecule has 1 aromatic carbocycles. The fourth-order valence-electron chi connectivity index (χ4n) is 1.85. The second kappa shape index (κ2) is 5.90. The average Bonchev–Trinajstić information content (AvgIpc) is 2.24. The van der Waals surface area contributed by atoms with Crippen LogP contribution in [0.5, 0.6) is 5.75 Å². The summed E-state index contributed by atoms with van der Waals surface area (Å²) in [4.78, 5) is 22.0. The molecule has 0 spiro atoms. The number of nitrogens with one attached hydrogen (secondary N) is 1. The number of non-ortho nitro benzene ring substituents is 1. The molecule has 0 aliphatic heterocycles. The smallest absolute Gasteiger partial charge is 0.270 e. The van der Waals surface area contributed by atoms with E-state index in [-0.39, 0.29) is 23.7 Å². The first-order valence-electron chi connectivity index (χ1n) is 6.29. The molecule has 0 atom stereocenters. The van der Waals surface area contributed by atoms with Gasteiger partial charge in [-0.25, -0.2) is 0 Å². The maximum absolute atomic E-state index is 11.7. The second-order valence-corrected chi connectivity index (χ2v) is 5.75. The van der Waals surface area contributed by atoms with E-state index in [0.29, 0.717) is 16.9 Å². The molecule has 0 heterocycles. The molecule has 110 valence electrons. The molecule has 6 nitrogen and oxygen atoms in total. The summed E-state index contributed by atoms with van der Waals surface area (Å²) in [7, 11) is 0. The third-order valence-electron chi connectivity index (χ3n) is 2.52. The van der Waals surface area contributed by atoms with E-state index in [1.54, 1.807) is 13.8 Å². The molecule has 1 amide bonds.